The fourth-order valence-electron chi connectivity index (χ4n) is 2.02. The third-order valence-corrected chi connectivity index (χ3v) is 3.94. The topological polar surface area (TPSA) is 63.2 Å². The van der Waals surface area contributed by atoms with Crippen LogP contribution < -0.4 is 15.6 Å². The highest BCUT2D eigenvalue weighted by Gasteiger charge is 2.10. The van der Waals surface area contributed by atoms with Crippen molar-refractivity contribution in [3.8, 4) is 5.75 Å². The number of ether oxygens (including phenoxy) is 1. The van der Waals surface area contributed by atoms with E-state index in [9.17, 15) is 4.79 Å². The minimum absolute atomic E-state index is 0.204. The van der Waals surface area contributed by atoms with Gasteiger partial charge in [-0.1, -0.05) is 35.6 Å². The summed E-state index contributed by atoms with van der Waals surface area (Å²) in [6.45, 7) is 2.52. The number of rotatable bonds is 5. The zero-order valence-corrected chi connectivity index (χ0v) is 12.8. The van der Waals surface area contributed by atoms with Gasteiger partial charge < -0.3 is 4.74 Å². The molecule has 3 aromatic rings. The van der Waals surface area contributed by atoms with Gasteiger partial charge in [0.25, 0.3) is 5.91 Å². The molecule has 5 nitrogen and oxygen atoms in total. The van der Waals surface area contributed by atoms with Gasteiger partial charge in [-0.15, -0.1) is 0 Å². The van der Waals surface area contributed by atoms with Gasteiger partial charge in [-0.05, 0) is 31.2 Å². The SMILES string of the molecule is CCOc1cccc2sc(NNC(=O)c3ccccc3)nc12. The van der Waals surface area contributed by atoms with Gasteiger partial charge in [-0.3, -0.25) is 15.6 Å². The number of carbonyl (C=O) groups is 1. The average molecular weight is 313 g/mol. The number of para-hydroxylation sites is 1. The van der Waals surface area contributed by atoms with Crippen LogP contribution in [0.1, 0.15) is 17.3 Å². The van der Waals surface area contributed by atoms with Crippen LogP contribution in [0.2, 0.25) is 0 Å². The first-order valence-electron chi connectivity index (χ1n) is 6.91. The van der Waals surface area contributed by atoms with Crippen molar-refractivity contribution in [2.75, 3.05) is 12.0 Å². The third kappa shape index (κ3) is 3.01. The van der Waals surface area contributed by atoms with Gasteiger partial charge in [0.15, 0.2) is 0 Å². The van der Waals surface area contributed by atoms with Gasteiger partial charge in [0.05, 0.1) is 11.3 Å². The average Bonchev–Trinajstić information content (AvgIpc) is 2.98. The number of amides is 1. The second-order valence-electron chi connectivity index (χ2n) is 4.50. The van der Waals surface area contributed by atoms with Crippen molar-refractivity contribution in [3.63, 3.8) is 0 Å². The summed E-state index contributed by atoms with van der Waals surface area (Å²) in [6, 6.07) is 14.8. The first-order chi connectivity index (χ1) is 10.8. The number of fused-ring (bicyclic) bond motifs is 1. The molecule has 1 aromatic heterocycles. The maximum absolute atomic E-state index is 12.0. The lowest BCUT2D eigenvalue weighted by Crippen LogP contribution is -2.29. The zero-order chi connectivity index (χ0) is 15.4. The summed E-state index contributed by atoms with van der Waals surface area (Å²) in [5, 5.41) is 0.617. The summed E-state index contributed by atoms with van der Waals surface area (Å²) in [5.74, 6) is 0.545. The van der Waals surface area contributed by atoms with Crippen molar-refractivity contribution in [3.05, 3.63) is 54.1 Å². The van der Waals surface area contributed by atoms with Gasteiger partial charge in [-0.25, -0.2) is 4.98 Å². The molecule has 6 heteroatoms. The number of hydrogen-bond donors (Lipinski definition) is 2. The standard InChI is InChI=1S/C16H15N3O2S/c1-2-21-12-9-6-10-13-14(12)17-16(22-13)19-18-15(20)11-7-4-3-5-8-11/h3-10H,2H2,1H3,(H,17,19)(H,18,20). The molecular weight excluding hydrogens is 298 g/mol. The molecule has 0 saturated heterocycles. The van der Waals surface area contributed by atoms with Crippen molar-refractivity contribution in [1.29, 1.82) is 0 Å². The Hall–Kier alpha value is -2.60. The summed E-state index contributed by atoms with van der Waals surface area (Å²) in [7, 11) is 0. The van der Waals surface area contributed by atoms with E-state index in [2.05, 4.69) is 15.8 Å². The van der Waals surface area contributed by atoms with E-state index < -0.39 is 0 Å². The van der Waals surface area contributed by atoms with Crippen LogP contribution in [0, 0.1) is 0 Å². The fourth-order valence-corrected chi connectivity index (χ4v) is 2.86. The molecule has 0 spiro atoms. The monoisotopic (exact) mass is 313 g/mol. The van der Waals surface area contributed by atoms with Gasteiger partial charge in [0, 0.05) is 5.56 Å². The highest BCUT2D eigenvalue weighted by atomic mass is 32.1. The van der Waals surface area contributed by atoms with E-state index in [4.69, 9.17) is 4.74 Å². The molecule has 0 aliphatic heterocycles. The lowest BCUT2D eigenvalue weighted by Gasteiger charge is -2.05. The quantitative estimate of drug-likeness (QED) is 0.708. The molecule has 112 valence electrons. The van der Waals surface area contributed by atoms with Crippen LogP contribution in [-0.2, 0) is 0 Å². The fraction of sp³-hybridized carbons (Fsp3) is 0.125. The first kappa shape index (κ1) is 14.3. The number of nitrogens with zero attached hydrogens (tertiary/aromatic N) is 1. The molecule has 0 aliphatic carbocycles. The van der Waals surface area contributed by atoms with E-state index in [0.29, 0.717) is 17.3 Å². The van der Waals surface area contributed by atoms with E-state index >= 15 is 0 Å². The zero-order valence-electron chi connectivity index (χ0n) is 12.0. The number of hydrogen-bond acceptors (Lipinski definition) is 5. The summed E-state index contributed by atoms with van der Waals surface area (Å²) < 4.78 is 6.56. The van der Waals surface area contributed by atoms with E-state index in [-0.39, 0.29) is 5.91 Å². The molecular formula is C16H15N3O2S. The number of thiazole rings is 1. The molecule has 2 aromatic carbocycles. The molecule has 0 unspecified atom stereocenters. The number of aromatic nitrogens is 1. The predicted molar refractivity (Wildman–Crippen MR) is 88.3 cm³/mol. The second kappa shape index (κ2) is 6.44. The normalized spacial score (nSPS) is 10.4. The third-order valence-electron chi connectivity index (χ3n) is 3.00. The Morgan fingerprint density at radius 3 is 2.77 bits per heavy atom. The van der Waals surface area contributed by atoms with E-state index in [1.807, 2.05) is 43.3 Å². The van der Waals surface area contributed by atoms with Crippen molar-refractivity contribution in [2.24, 2.45) is 0 Å². The Bertz CT molecular complexity index is 786. The van der Waals surface area contributed by atoms with Crippen LogP contribution in [-0.4, -0.2) is 17.5 Å². The summed E-state index contributed by atoms with van der Waals surface area (Å²) in [4.78, 5) is 16.4. The molecule has 0 fully saturated rings. The number of benzene rings is 2. The van der Waals surface area contributed by atoms with Gasteiger partial charge in [0.1, 0.15) is 11.3 Å². The summed E-state index contributed by atoms with van der Waals surface area (Å²) in [6.07, 6.45) is 0. The maximum atomic E-state index is 12.0. The van der Waals surface area contributed by atoms with Gasteiger partial charge in [0.2, 0.25) is 5.13 Å². The highest BCUT2D eigenvalue weighted by molar-refractivity contribution is 7.22. The number of carbonyl (C=O) groups excluding carboxylic acids is 1. The van der Waals surface area contributed by atoms with Crippen molar-refractivity contribution < 1.29 is 9.53 Å². The Kier molecular flexibility index (Phi) is 4.20. The maximum Gasteiger partial charge on any atom is 0.269 e. The van der Waals surface area contributed by atoms with Crippen molar-refractivity contribution in [1.82, 2.24) is 10.4 Å². The molecule has 1 amide bonds. The molecule has 22 heavy (non-hydrogen) atoms. The lowest BCUT2D eigenvalue weighted by atomic mass is 10.2. The predicted octanol–water partition coefficient (Wildman–Crippen LogP) is 3.45. The minimum atomic E-state index is -0.204. The van der Waals surface area contributed by atoms with Crippen LogP contribution >= 0.6 is 11.3 Å². The molecule has 3 rings (SSSR count). The van der Waals surface area contributed by atoms with Crippen LogP contribution in [0.4, 0.5) is 5.13 Å². The number of hydrazine groups is 1. The Morgan fingerprint density at radius 2 is 2.00 bits per heavy atom. The van der Waals surface area contributed by atoms with Gasteiger partial charge in [-0.2, -0.15) is 0 Å². The minimum Gasteiger partial charge on any atom is -0.492 e. The largest absolute Gasteiger partial charge is 0.492 e. The van der Waals surface area contributed by atoms with Crippen LogP contribution in [0.25, 0.3) is 10.2 Å². The van der Waals surface area contributed by atoms with Gasteiger partial charge >= 0.3 is 0 Å². The molecule has 1 heterocycles. The van der Waals surface area contributed by atoms with E-state index in [1.165, 1.54) is 11.3 Å². The molecule has 0 saturated carbocycles. The molecule has 0 atom stereocenters. The van der Waals surface area contributed by atoms with Crippen LogP contribution in [0.15, 0.2) is 48.5 Å². The van der Waals surface area contributed by atoms with Crippen molar-refractivity contribution in [2.45, 2.75) is 6.92 Å². The smallest absolute Gasteiger partial charge is 0.269 e. The summed E-state index contributed by atoms with van der Waals surface area (Å²) >= 11 is 1.46. The second-order valence-corrected chi connectivity index (χ2v) is 5.53. The highest BCUT2D eigenvalue weighted by Crippen LogP contribution is 2.31. The molecule has 2 N–H and O–H groups in total. The molecule has 0 aliphatic rings. The van der Waals surface area contributed by atoms with E-state index in [1.54, 1.807) is 12.1 Å². The molecule has 0 bridgehead atoms. The Morgan fingerprint density at radius 1 is 1.18 bits per heavy atom. The Balaban J connectivity index is 1.74. The number of anilines is 1. The summed E-state index contributed by atoms with van der Waals surface area (Å²) in [5.41, 5.74) is 6.89. The number of nitrogens with one attached hydrogen (secondary N) is 2. The van der Waals surface area contributed by atoms with Crippen LogP contribution in [0.5, 0.6) is 5.75 Å². The lowest BCUT2D eigenvalue weighted by molar-refractivity contribution is 0.0962. The van der Waals surface area contributed by atoms with E-state index in [0.717, 1.165) is 16.0 Å². The molecule has 0 radical (unpaired) electrons. The Labute approximate surface area is 131 Å². The van der Waals surface area contributed by atoms with Crippen molar-refractivity contribution >= 4 is 32.6 Å². The van der Waals surface area contributed by atoms with Crippen LogP contribution in [0.3, 0.4) is 0 Å². The first-order valence-corrected chi connectivity index (χ1v) is 7.73.